The van der Waals surface area contributed by atoms with Gasteiger partial charge >= 0.3 is 0 Å². The maximum Gasteiger partial charge on any atom is 0.268 e. The van der Waals surface area contributed by atoms with Gasteiger partial charge in [-0.05, 0) is 28.1 Å². The Bertz CT molecular complexity index is 593. The van der Waals surface area contributed by atoms with E-state index in [4.69, 9.17) is 4.74 Å². The van der Waals surface area contributed by atoms with Crippen LogP contribution in [0.4, 0.5) is 0 Å². The fraction of sp³-hybridized carbons (Fsp3) is 0.214. The molecule has 0 spiro atoms. The molecular weight excluding hydrogens is 308 g/mol. The molecule has 4 nitrogen and oxygen atoms in total. The zero-order valence-electron chi connectivity index (χ0n) is 10.8. The van der Waals surface area contributed by atoms with Gasteiger partial charge < -0.3 is 14.6 Å². The lowest BCUT2D eigenvalue weighted by Crippen LogP contribution is -2.24. The second-order valence-corrected chi connectivity index (χ2v) is 5.06. The molecule has 1 heterocycles. The lowest BCUT2D eigenvalue weighted by atomic mass is 10.2. The Morgan fingerprint density at radius 2 is 2.16 bits per heavy atom. The van der Waals surface area contributed by atoms with Gasteiger partial charge in [0.05, 0.1) is 7.11 Å². The number of halogens is 1. The van der Waals surface area contributed by atoms with Crippen molar-refractivity contribution in [3.63, 3.8) is 0 Å². The Labute approximate surface area is 120 Å². The summed E-state index contributed by atoms with van der Waals surface area (Å²) in [5.74, 6) is 0.662. The fourth-order valence-corrected chi connectivity index (χ4v) is 2.39. The lowest BCUT2D eigenvalue weighted by Gasteiger charge is -2.09. The molecule has 0 radical (unpaired) electrons. The van der Waals surface area contributed by atoms with Gasteiger partial charge in [0.25, 0.3) is 5.91 Å². The lowest BCUT2D eigenvalue weighted by molar-refractivity contribution is 0.0942. The summed E-state index contributed by atoms with van der Waals surface area (Å²) in [6, 6.07) is 9.42. The molecule has 19 heavy (non-hydrogen) atoms. The van der Waals surface area contributed by atoms with Crippen LogP contribution in [0.25, 0.3) is 0 Å². The highest BCUT2D eigenvalue weighted by atomic mass is 79.9. The molecule has 0 saturated heterocycles. The number of ether oxygens (including phenoxy) is 1. The molecule has 0 aliphatic carbocycles. The molecule has 5 heteroatoms. The fourth-order valence-electron chi connectivity index (χ4n) is 1.87. The van der Waals surface area contributed by atoms with Crippen LogP contribution in [0.1, 0.15) is 16.1 Å². The highest BCUT2D eigenvalue weighted by Crippen LogP contribution is 2.17. The summed E-state index contributed by atoms with van der Waals surface area (Å²) in [6.45, 7) is 0.436. The van der Waals surface area contributed by atoms with Crippen LogP contribution in [0.5, 0.6) is 5.75 Å². The van der Waals surface area contributed by atoms with Crippen molar-refractivity contribution in [3.8, 4) is 5.75 Å². The molecule has 0 aliphatic rings. The highest BCUT2D eigenvalue weighted by molar-refractivity contribution is 9.10. The highest BCUT2D eigenvalue weighted by Gasteiger charge is 2.11. The summed E-state index contributed by atoms with van der Waals surface area (Å²) < 4.78 is 7.91. The van der Waals surface area contributed by atoms with Crippen molar-refractivity contribution in [3.05, 3.63) is 52.3 Å². The number of para-hydroxylation sites is 1. The summed E-state index contributed by atoms with van der Waals surface area (Å²) in [6.07, 6.45) is 1.85. The smallest absolute Gasteiger partial charge is 0.268 e. The van der Waals surface area contributed by atoms with Gasteiger partial charge in [0, 0.05) is 29.8 Å². The monoisotopic (exact) mass is 322 g/mol. The van der Waals surface area contributed by atoms with Crippen molar-refractivity contribution >= 4 is 21.8 Å². The third-order valence-corrected chi connectivity index (χ3v) is 3.27. The summed E-state index contributed by atoms with van der Waals surface area (Å²) in [5, 5.41) is 2.88. The minimum absolute atomic E-state index is 0.112. The van der Waals surface area contributed by atoms with E-state index < -0.39 is 0 Å². The van der Waals surface area contributed by atoms with Gasteiger partial charge in [-0.3, -0.25) is 4.79 Å². The maximum atomic E-state index is 12.1. The largest absolute Gasteiger partial charge is 0.496 e. The Morgan fingerprint density at radius 3 is 2.79 bits per heavy atom. The van der Waals surface area contributed by atoms with Gasteiger partial charge in [-0.1, -0.05) is 18.2 Å². The maximum absolute atomic E-state index is 12.1. The average molecular weight is 323 g/mol. The number of rotatable bonds is 4. The number of carbonyl (C=O) groups is 1. The van der Waals surface area contributed by atoms with E-state index in [0.29, 0.717) is 12.2 Å². The molecule has 1 aromatic carbocycles. The number of carbonyl (C=O) groups excluding carboxylic acids is 1. The quantitative estimate of drug-likeness (QED) is 0.940. The Hall–Kier alpha value is -1.75. The molecule has 0 fully saturated rings. The van der Waals surface area contributed by atoms with Gasteiger partial charge in [0.2, 0.25) is 0 Å². The van der Waals surface area contributed by atoms with Crippen LogP contribution in [0.2, 0.25) is 0 Å². The summed E-state index contributed by atoms with van der Waals surface area (Å²) in [5.41, 5.74) is 1.56. The topological polar surface area (TPSA) is 43.3 Å². The number of aromatic nitrogens is 1. The second-order valence-electron chi connectivity index (χ2n) is 4.15. The average Bonchev–Trinajstić information content (AvgIpc) is 2.75. The molecule has 1 N–H and O–H groups in total. The number of amides is 1. The zero-order valence-corrected chi connectivity index (χ0v) is 12.4. The van der Waals surface area contributed by atoms with Crippen molar-refractivity contribution in [2.45, 2.75) is 6.54 Å². The number of hydrogen-bond acceptors (Lipinski definition) is 2. The molecule has 0 unspecified atom stereocenters. The minimum Gasteiger partial charge on any atom is -0.496 e. The normalized spacial score (nSPS) is 10.3. The Kier molecular flexibility index (Phi) is 4.27. The van der Waals surface area contributed by atoms with E-state index in [1.807, 2.05) is 37.5 Å². The first-order chi connectivity index (χ1) is 9.11. The summed E-state index contributed by atoms with van der Waals surface area (Å²) >= 11 is 3.35. The predicted molar refractivity (Wildman–Crippen MR) is 77.3 cm³/mol. The molecule has 0 aliphatic heterocycles. The van der Waals surface area contributed by atoms with E-state index in [1.54, 1.807) is 17.7 Å². The standard InChI is InChI=1S/C14H15BrN2O2/c1-17-9-11(15)7-12(17)14(18)16-8-10-5-3-4-6-13(10)19-2/h3-7,9H,8H2,1-2H3,(H,16,18). The van der Waals surface area contributed by atoms with Gasteiger partial charge in [-0.25, -0.2) is 0 Å². The molecule has 1 amide bonds. The van der Waals surface area contributed by atoms with Crippen molar-refractivity contribution in [2.75, 3.05) is 7.11 Å². The van der Waals surface area contributed by atoms with Gasteiger partial charge in [-0.15, -0.1) is 0 Å². The summed E-state index contributed by atoms with van der Waals surface area (Å²) in [4.78, 5) is 12.1. The van der Waals surface area contributed by atoms with E-state index in [2.05, 4.69) is 21.2 Å². The number of aryl methyl sites for hydroxylation is 1. The SMILES string of the molecule is COc1ccccc1CNC(=O)c1cc(Br)cn1C. The van der Waals surface area contributed by atoms with Crippen LogP contribution in [0.3, 0.4) is 0 Å². The van der Waals surface area contributed by atoms with E-state index >= 15 is 0 Å². The molecule has 1 aromatic heterocycles. The van der Waals surface area contributed by atoms with Crippen LogP contribution < -0.4 is 10.1 Å². The van der Waals surface area contributed by atoms with Gasteiger partial charge in [0.1, 0.15) is 11.4 Å². The second kappa shape index (κ2) is 5.93. The molecule has 0 atom stereocenters. The molecule has 100 valence electrons. The van der Waals surface area contributed by atoms with E-state index in [1.165, 1.54) is 0 Å². The van der Waals surface area contributed by atoms with E-state index in [-0.39, 0.29) is 5.91 Å². The molecule has 0 saturated carbocycles. The third kappa shape index (κ3) is 3.17. The van der Waals surface area contributed by atoms with Crippen LogP contribution in [-0.2, 0) is 13.6 Å². The number of nitrogens with one attached hydrogen (secondary N) is 1. The first kappa shape index (κ1) is 13.7. The van der Waals surface area contributed by atoms with Gasteiger partial charge in [-0.2, -0.15) is 0 Å². The summed E-state index contributed by atoms with van der Waals surface area (Å²) in [7, 11) is 3.46. The molecular formula is C14H15BrN2O2. The first-order valence-corrected chi connectivity index (χ1v) is 6.63. The van der Waals surface area contributed by atoms with Gasteiger partial charge in [0.15, 0.2) is 0 Å². The Morgan fingerprint density at radius 1 is 1.42 bits per heavy atom. The predicted octanol–water partition coefficient (Wildman–Crippen LogP) is 2.73. The van der Waals surface area contributed by atoms with E-state index in [0.717, 1.165) is 15.8 Å². The number of hydrogen-bond donors (Lipinski definition) is 1. The van der Waals surface area contributed by atoms with Crippen molar-refractivity contribution in [2.24, 2.45) is 7.05 Å². The van der Waals surface area contributed by atoms with Crippen LogP contribution in [0, 0.1) is 0 Å². The van der Waals surface area contributed by atoms with Crippen molar-refractivity contribution in [1.29, 1.82) is 0 Å². The first-order valence-electron chi connectivity index (χ1n) is 5.83. The number of nitrogens with zero attached hydrogens (tertiary/aromatic N) is 1. The molecule has 2 rings (SSSR count). The Balaban J connectivity index is 2.06. The zero-order chi connectivity index (χ0) is 13.8. The molecule has 0 bridgehead atoms. The van der Waals surface area contributed by atoms with Crippen LogP contribution in [-0.4, -0.2) is 17.6 Å². The number of methoxy groups -OCH3 is 1. The van der Waals surface area contributed by atoms with E-state index in [9.17, 15) is 4.79 Å². The van der Waals surface area contributed by atoms with Crippen LogP contribution in [0.15, 0.2) is 41.0 Å². The van der Waals surface area contributed by atoms with Crippen LogP contribution >= 0.6 is 15.9 Å². The third-order valence-electron chi connectivity index (χ3n) is 2.84. The van der Waals surface area contributed by atoms with Crippen molar-refractivity contribution < 1.29 is 9.53 Å². The van der Waals surface area contributed by atoms with Crippen molar-refractivity contribution in [1.82, 2.24) is 9.88 Å². The minimum atomic E-state index is -0.112. The number of benzene rings is 1. The molecule has 2 aromatic rings.